The number of pyridine rings is 1. The fraction of sp³-hybridized carbons (Fsp3) is 0.525. The lowest BCUT2D eigenvalue weighted by Crippen LogP contribution is -2.64. The lowest BCUT2D eigenvalue weighted by Gasteiger charge is -2.53. The number of hydrogen-bond donors (Lipinski definition) is 2. The van der Waals surface area contributed by atoms with Crippen molar-refractivity contribution in [2.24, 2.45) is 0 Å². The fourth-order valence-electron chi connectivity index (χ4n) is 7.05. The summed E-state index contributed by atoms with van der Waals surface area (Å²) in [5.41, 5.74) is 4.68. The third kappa shape index (κ3) is 9.73. The molecule has 4 atom stereocenters. The average molecular weight is 813 g/mol. The van der Waals surface area contributed by atoms with Gasteiger partial charge >= 0.3 is 14.5 Å². The first-order valence-electron chi connectivity index (χ1n) is 18.7. The highest BCUT2D eigenvalue weighted by Gasteiger charge is 2.63. The maximum absolute atomic E-state index is 12.6. The van der Waals surface area contributed by atoms with E-state index in [1.807, 2.05) is 18.2 Å². The molecule has 1 aliphatic rings. The molecule has 14 heteroatoms. The number of H-pyrrole nitrogens is 1. The number of nitrogens with zero attached hydrogens (tertiary/aromatic N) is 2. The van der Waals surface area contributed by atoms with E-state index in [9.17, 15) is 9.90 Å². The smallest absolute Gasteiger partial charge is 0.339 e. The number of nitrogens with one attached hydrogen (secondary N) is 1. The van der Waals surface area contributed by atoms with Gasteiger partial charge in [0.2, 0.25) is 0 Å². The van der Waals surface area contributed by atoms with Crippen LogP contribution in [-0.2, 0) is 22.8 Å². The van der Waals surface area contributed by atoms with Gasteiger partial charge in [-0.1, -0.05) is 127 Å². The molecular weight excluding hydrogens is 754 g/mol. The molecule has 1 aliphatic heterocycles. The van der Waals surface area contributed by atoms with Crippen LogP contribution in [0.4, 0.5) is 0 Å². The first-order chi connectivity index (χ1) is 25.0. The van der Waals surface area contributed by atoms with Gasteiger partial charge in [-0.2, -0.15) is 4.98 Å². The maximum atomic E-state index is 12.6. The first-order valence-corrected chi connectivity index (χ1v) is 28.0. The van der Waals surface area contributed by atoms with Crippen LogP contribution in [0.25, 0.3) is 22.3 Å². The lowest BCUT2D eigenvalue weighted by atomic mass is 10.00. The van der Waals surface area contributed by atoms with Gasteiger partial charge < -0.3 is 32.8 Å². The van der Waals surface area contributed by atoms with Crippen LogP contribution in [0, 0.1) is 0 Å². The van der Waals surface area contributed by atoms with Gasteiger partial charge in [0.25, 0.3) is 6.01 Å². The summed E-state index contributed by atoms with van der Waals surface area (Å²) in [5, 5.41) is 9.87. The van der Waals surface area contributed by atoms with Crippen molar-refractivity contribution in [3.8, 4) is 17.1 Å². The summed E-state index contributed by atoms with van der Waals surface area (Å²) in [5.74, 6) is -1.12. The summed E-state index contributed by atoms with van der Waals surface area (Å²) in [6.45, 7) is 26.6. The molecule has 2 aromatic carbocycles. The first kappa shape index (κ1) is 42.3. The summed E-state index contributed by atoms with van der Waals surface area (Å²) < 4.78 is 33.0. The summed E-state index contributed by atoms with van der Waals surface area (Å²) in [4.78, 5) is 25.4. The van der Waals surface area contributed by atoms with Gasteiger partial charge in [-0.05, 0) is 48.4 Å². The number of fused-ring (bicyclic) bond motifs is 1. The zero-order chi connectivity index (χ0) is 39.9. The summed E-state index contributed by atoms with van der Waals surface area (Å²) in [7, 11) is -6.78. The minimum Gasteiger partial charge on any atom is -0.479 e. The van der Waals surface area contributed by atoms with Crippen LogP contribution in [0.1, 0.15) is 58.9 Å². The molecule has 2 N–H and O–H groups in total. The highest BCUT2D eigenvalue weighted by atomic mass is 35.5. The van der Waals surface area contributed by atoms with Crippen LogP contribution in [0.2, 0.25) is 60.4 Å². The predicted molar refractivity (Wildman–Crippen MR) is 223 cm³/mol. The van der Waals surface area contributed by atoms with E-state index < -0.39 is 65.4 Å². The number of halogens is 1. The second-order valence-corrected chi connectivity index (χ2v) is 34.0. The second kappa shape index (κ2) is 15.9. The van der Waals surface area contributed by atoms with Crippen LogP contribution in [0.3, 0.4) is 0 Å². The van der Waals surface area contributed by atoms with Gasteiger partial charge in [-0.15, -0.1) is 0 Å². The molecule has 294 valence electrons. The third-order valence-electron chi connectivity index (χ3n) is 9.48. The van der Waals surface area contributed by atoms with Crippen molar-refractivity contribution in [2.75, 3.05) is 13.2 Å². The Bertz CT molecular complexity index is 1890. The van der Waals surface area contributed by atoms with Gasteiger partial charge in [0.1, 0.15) is 12.2 Å². The molecule has 3 heterocycles. The van der Waals surface area contributed by atoms with E-state index in [0.29, 0.717) is 28.5 Å². The Hall–Kier alpha value is -2.89. The topological polar surface area (TPSA) is 125 Å². The number of carboxylic acids is 1. The largest absolute Gasteiger partial charge is 0.479 e. The Morgan fingerprint density at radius 2 is 1.56 bits per heavy atom. The number of benzene rings is 2. The van der Waals surface area contributed by atoms with Gasteiger partial charge in [0.15, 0.2) is 26.2 Å². The standard InChI is InChI=1S/C40H58ClN3O7Si3/c1-39(2,3)54(40(4,5)6,51-53(10,11)12)50-34-31(25-48-35(34)37(45)46)49-38-42-30-24-29(41)32(43-36(30)44-38)33(47-22-23-52(7,8)9)28-20-18-27(19-21-28)26-16-14-13-15-17-26/h13-21,24,31,33-35H,22-23,25H2,1-12H3,(H,45,46)(H,42,43,44)/t31-,33?,34+,35+/m1/s1. The molecule has 54 heavy (non-hydrogen) atoms. The molecule has 2 aromatic heterocycles. The molecule has 0 aliphatic carbocycles. The van der Waals surface area contributed by atoms with Crippen LogP contribution >= 0.6 is 11.6 Å². The van der Waals surface area contributed by atoms with E-state index in [1.165, 1.54) is 0 Å². The number of rotatable bonds is 14. The van der Waals surface area contributed by atoms with Crippen molar-refractivity contribution in [2.45, 2.75) is 121 Å². The molecule has 1 saturated heterocycles. The summed E-state index contributed by atoms with van der Waals surface area (Å²) >= 11 is 6.98. The van der Waals surface area contributed by atoms with Crippen LogP contribution in [0.15, 0.2) is 60.7 Å². The van der Waals surface area contributed by atoms with E-state index in [2.05, 4.69) is 122 Å². The Morgan fingerprint density at radius 3 is 2.11 bits per heavy atom. The third-order valence-corrected chi connectivity index (χ3v) is 19.6. The van der Waals surface area contributed by atoms with Crippen LogP contribution < -0.4 is 4.74 Å². The molecule has 0 saturated carbocycles. The zero-order valence-corrected chi connectivity index (χ0v) is 37.6. The van der Waals surface area contributed by atoms with E-state index >= 15 is 0 Å². The Morgan fingerprint density at radius 1 is 0.944 bits per heavy atom. The maximum Gasteiger partial charge on any atom is 0.339 e. The van der Waals surface area contributed by atoms with Gasteiger partial charge in [0, 0.05) is 24.8 Å². The molecule has 0 radical (unpaired) electrons. The van der Waals surface area contributed by atoms with Gasteiger partial charge in [0.05, 0.1) is 22.8 Å². The number of aromatic nitrogens is 3. The van der Waals surface area contributed by atoms with Crippen molar-refractivity contribution in [3.05, 3.63) is 76.9 Å². The minimum absolute atomic E-state index is 0.00416. The Balaban J connectivity index is 1.48. The van der Waals surface area contributed by atoms with Crippen molar-refractivity contribution in [1.82, 2.24) is 15.0 Å². The summed E-state index contributed by atoms with van der Waals surface area (Å²) in [6.07, 6.45) is -3.51. The number of carboxylic acid groups (broad SMARTS) is 1. The van der Waals surface area contributed by atoms with Crippen molar-refractivity contribution < 1.29 is 32.7 Å². The highest BCUT2D eigenvalue weighted by Crippen LogP contribution is 2.54. The van der Waals surface area contributed by atoms with E-state index in [0.717, 1.165) is 22.7 Å². The lowest BCUT2D eigenvalue weighted by molar-refractivity contribution is -0.151. The number of hydrogen-bond acceptors (Lipinski definition) is 8. The van der Waals surface area contributed by atoms with E-state index in [1.54, 1.807) is 6.07 Å². The van der Waals surface area contributed by atoms with Gasteiger partial charge in [-0.3, -0.25) is 0 Å². The molecule has 5 rings (SSSR count). The molecular formula is C40H58ClN3O7Si3. The van der Waals surface area contributed by atoms with Crippen molar-refractivity contribution in [3.63, 3.8) is 0 Å². The average Bonchev–Trinajstić information content (AvgIpc) is 3.63. The molecule has 0 bridgehead atoms. The zero-order valence-electron chi connectivity index (χ0n) is 33.9. The Labute approximate surface area is 328 Å². The highest BCUT2D eigenvalue weighted by molar-refractivity contribution is 6.85. The van der Waals surface area contributed by atoms with E-state index in [-0.39, 0.29) is 12.6 Å². The molecule has 0 spiro atoms. The molecule has 1 fully saturated rings. The normalized spacial score (nSPS) is 19.3. The van der Waals surface area contributed by atoms with E-state index in [4.69, 9.17) is 44.3 Å². The number of aromatic amines is 1. The van der Waals surface area contributed by atoms with Gasteiger partial charge in [-0.25, -0.2) is 9.78 Å². The minimum atomic E-state index is -3.22. The summed E-state index contributed by atoms with van der Waals surface area (Å²) in [6, 6.07) is 21.5. The quantitative estimate of drug-likeness (QED) is 0.120. The number of imidazole rings is 1. The molecule has 4 aromatic rings. The second-order valence-electron chi connectivity index (χ2n) is 18.5. The number of carbonyl (C=O) groups is 1. The predicted octanol–water partition coefficient (Wildman–Crippen LogP) is 10.2. The van der Waals surface area contributed by atoms with Crippen molar-refractivity contribution >= 4 is 53.7 Å². The number of ether oxygens (including phenoxy) is 3. The fourth-order valence-corrected chi connectivity index (χ4v) is 17.7. The molecule has 0 amide bonds. The van der Waals surface area contributed by atoms with Crippen LogP contribution in [0.5, 0.6) is 6.01 Å². The molecule has 10 nitrogen and oxygen atoms in total. The van der Waals surface area contributed by atoms with Crippen LogP contribution in [-0.4, -0.2) is 82.5 Å². The number of aliphatic carboxylic acids is 1. The van der Waals surface area contributed by atoms with Crippen molar-refractivity contribution in [1.29, 1.82) is 0 Å². The SMILES string of the molecule is CC(C)(C)[Si](O[C@@H]1[C@@H](C(=O)O)OC[C@H]1Oc1nc2nc(C(OCC[Si](C)(C)C)c3ccc(-c4ccccc4)cc3)c(Cl)cc2[nH]1)(O[Si](C)(C)C)C(C)(C)C. The molecule has 1 unspecified atom stereocenters. The Kier molecular flexibility index (Phi) is 12.5. The monoisotopic (exact) mass is 811 g/mol.